The Morgan fingerprint density at radius 1 is 0.875 bits per heavy atom. The summed E-state index contributed by atoms with van der Waals surface area (Å²) in [5.74, 6) is -0.216. The second-order valence-corrected chi connectivity index (χ2v) is 7.65. The highest BCUT2D eigenvalue weighted by Crippen LogP contribution is 2.29. The van der Waals surface area contributed by atoms with Gasteiger partial charge in [0.25, 0.3) is 0 Å². The maximum Gasteiger partial charge on any atom is 0.227 e. The monoisotopic (exact) mass is 436 g/mol. The predicted molar refractivity (Wildman–Crippen MR) is 127 cm³/mol. The van der Waals surface area contributed by atoms with Crippen LogP contribution >= 0.6 is 0 Å². The number of nitrogens with zero attached hydrogens (tertiary/aromatic N) is 1. The minimum atomic E-state index is -0.148. The van der Waals surface area contributed by atoms with E-state index in [1.165, 1.54) is 0 Å². The minimum Gasteiger partial charge on any atom is -0.379 e. The Bertz CT molecular complexity index is 926. The van der Waals surface area contributed by atoms with Crippen molar-refractivity contribution < 1.29 is 19.1 Å². The van der Waals surface area contributed by atoms with Crippen molar-refractivity contribution in [1.29, 1.82) is 0 Å². The molecule has 0 saturated heterocycles. The van der Waals surface area contributed by atoms with Gasteiger partial charge in [-0.05, 0) is 29.2 Å². The van der Waals surface area contributed by atoms with Gasteiger partial charge in [-0.25, -0.2) is 0 Å². The van der Waals surface area contributed by atoms with Gasteiger partial charge in [0, 0.05) is 26.0 Å². The van der Waals surface area contributed by atoms with E-state index < -0.39 is 0 Å². The molecule has 2 amide bonds. The van der Waals surface area contributed by atoms with Crippen LogP contribution in [0.3, 0.4) is 0 Å². The number of ether oxygens (including phenoxy) is 2. The van der Waals surface area contributed by atoms with E-state index in [0.29, 0.717) is 32.9 Å². The maximum atomic E-state index is 13.1. The molecule has 2 aromatic rings. The van der Waals surface area contributed by atoms with Crippen LogP contribution in [0.15, 0.2) is 48.5 Å². The standard InChI is InChI=1S/C26H32N2O4/c1-2-16-31-18-19-32-17-15-27-25(29)13-14-26(30)28-20-23-9-4-3-7-21(23)11-12-22-8-5-6-10-24(22)28/h3-12H,2,13-20H2,1H3,(H,27,29). The Kier molecular flexibility index (Phi) is 9.47. The third-order valence-corrected chi connectivity index (χ3v) is 5.21. The van der Waals surface area contributed by atoms with Crippen molar-refractivity contribution in [1.82, 2.24) is 5.32 Å². The van der Waals surface area contributed by atoms with Gasteiger partial charge in [-0.15, -0.1) is 0 Å². The molecule has 1 aliphatic rings. The lowest BCUT2D eigenvalue weighted by molar-refractivity contribution is -0.125. The fraction of sp³-hybridized carbons (Fsp3) is 0.385. The molecule has 0 fully saturated rings. The number of rotatable bonds is 11. The molecule has 1 aliphatic heterocycles. The van der Waals surface area contributed by atoms with Crippen LogP contribution in [0.2, 0.25) is 0 Å². The average molecular weight is 437 g/mol. The third kappa shape index (κ3) is 7.04. The number of carbonyl (C=O) groups excluding carboxylic acids is 2. The highest BCUT2D eigenvalue weighted by molar-refractivity contribution is 5.98. The molecule has 0 unspecified atom stereocenters. The summed E-state index contributed by atoms with van der Waals surface area (Å²) in [4.78, 5) is 27.1. The van der Waals surface area contributed by atoms with Gasteiger partial charge in [-0.3, -0.25) is 9.59 Å². The SMILES string of the molecule is CCCOCCOCCNC(=O)CCC(=O)N1Cc2ccccc2C=Cc2ccccc21. The van der Waals surface area contributed by atoms with Crippen LogP contribution in [0.4, 0.5) is 5.69 Å². The number of amides is 2. The molecule has 2 aromatic carbocycles. The molecule has 1 N–H and O–H groups in total. The van der Waals surface area contributed by atoms with Crippen LogP contribution < -0.4 is 10.2 Å². The summed E-state index contributed by atoms with van der Waals surface area (Å²) in [6.07, 6.45) is 5.41. The maximum absolute atomic E-state index is 13.1. The fourth-order valence-corrected chi connectivity index (χ4v) is 3.55. The molecule has 6 heteroatoms. The molecule has 0 spiro atoms. The zero-order chi connectivity index (χ0) is 22.6. The highest BCUT2D eigenvalue weighted by Gasteiger charge is 2.21. The van der Waals surface area contributed by atoms with Crippen molar-refractivity contribution in [3.63, 3.8) is 0 Å². The van der Waals surface area contributed by atoms with Gasteiger partial charge in [0.2, 0.25) is 11.8 Å². The second kappa shape index (κ2) is 12.8. The van der Waals surface area contributed by atoms with E-state index in [-0.39, 0.29) is 24.7 Å². The first kappa shape index (κ1) is 23.7. The summed E-state index contributed by atoms with van der Waals surface area (Å²) in [5.41, 5.74) is 4.02. The topological polar surface area (TPSA) is 67.9 Å². The van der Waals surface area contributed by atoms with E-state index in [1.807, 2.05) is 54.6 Å². The molecule has 3 rings (SSSR count). The van der Waals surface area contributed by atoms with Gasteiger partial charge in [0.05, 0.1) is 32.1 Å². The summed E-state index contributed by atoms with van der Waals surface area (Å²) in [6, 6.07) is 15.9. The van der Waals surface area contributed by atoms with Crippen LogP contribution in [-0.2, 0) is 25.6 Å². The molecule has 1 heterocycles. The zero-order valence-corrected chi connectivity index (χ0v) is 18.7. The Balaban J connectivity index is 1.51. The summed E-state index contributed by atoms with van der Waals surface area (Å²) >= 11 is 0. The first-order valence-corrected chi connectivity index (χ1v) is 11.3. The van der Waals surface area contributed by atoms with Crippen molar-refractivity contribution >= 4 is 29.7 Å². The number of hydrogen-bond acceptors (Lipinski definition) is 4. The normalized spacial score (nSPS) is 12.5. The fourth-order valence-electron chi connectivity index (χ4n) is 3.55. The zero-order valence-electron chi connectivity index (χ0n) is 18.7. The van der Waals surface area contributed by atoms with Crippen molar-refractivity contribution in [3.05, 3.63) is 65.2 Å². The van der Waals surface area contributed by atoms with Crippen molar-refractivity contribution in [2.24, 2.45) is 0 Å². The van der Waals surface area contributed by atoms with Crippen molar-refractivity contribution in [2.75, 3.05) is 37.9 Å². The Morgan fingerprint density at radius 3 is 2.38 bits per heavy atom. The number of nitrogens with one attached hydrogen (secondary N) is 1. The summed E-state index contributed by atoms with van der Waals surface area (Å²) in [6.45, 7) is 5.20. The summed E-state index contributed by atoms with van der Waals surface area (Å²) in [7, 11) is 0. The molecular formula is C26H32N2O4. The number of anilines is 1. The first-order valence-electron chi connectivity index (χ1n) is 11.3. The van der Waals surface area contributed by atoms with Crippen LogP contribution in [-0.4, -0.2) is 44.8 Å². The lowest BCUT2D eigenvalue weighted by atomic mass is 10.0. The molecule has 32 heavy (non-hydrogen) atoms. The smallest absolute Gasteiger partial charge is 0.227 e. The number of hydrogen-bond donors (Lipinski definition) is 1. The number of fused-ring (bicyclic) bond motifs is 2. The van der Waals surface area contributed by atoms with Gasteiger partial charge < -0.3 is 19.7 Å². The molecule has 0 aromatic heterocycles. The molecule has 0 radical (unpaired) electrons. The highest BCUT2D eigenvalue weighted by atomic mass is 16.5. The van der Waals surface area contributed by atoms with Gasteiger partial charge in [-0.1, -0.05) is 61.5 Å². The predicted octanol–water partition coefficient (Wildman–Crippen LogP) is 4.04. The number of para-hydroxylation sites is 1. The van der Waals surface area contributed by atoms with Crippen LogP contribution in [0.25, 0.3) is 12.2 Å². The second-order valence-electron chi connectivity index (χ2n) is 7.65. The van der Waals surface area contributed by atoms with E-state index in [1.54, 1.807) is 4.90 Å². The Morgan fingerprint density at radius 2 is 1.56 bits per heavy atom. The minimum absolute atomic E-state index is 0.0676. The Labute approximate surface area is 190 Å². The van der Waals surface area contributed by atoms with Crippen LogP contribution in [0.1, 0.15) is 42.9 Å². The van der Waals surface area contributed by atoms with Gasteiger partial charge in [-0.2, -0.15) is 0 Å². The average Bonchev–Trinajstić information content (AvgIpc) is 2.80. The van der Waals surface area contributed by atoms with E-state index in [2.05, 4.69) is 18.3 Å². The van der Waals surface area contributed by atoms with E-state index >= 15 is 0 Å². The van der Waals surface area contributed by atoms with E-state index in [9.17, 15) is 9.59 Å². The first-order chi connectivity index (χ1) is 15.7. The number of carbonyl (C=O) groups is 2. The third-order valence-electron chi connectivity index (χ3n) is 5.21. The lowest BCUT2D eigenvalue weighted by Gasteiger charge is -2.27. The van der Waals surface area contributed by atoms with Gasteiger partial charge >= 0.3 is 0 Å². The largest absolute Gasteiger partial charge is 0.379 e. The van der Waals surface area contributed by atoms with Crippen molar-refractivity contribution in [2.45, 2.75) is 32.7 Å². The van der Waals surface area contributed by atoms with Crippen LogP contribution in [0.5, 0.6) is 0 Å². The number of benzene rings is 2. The van der Waals surface area contributed by atoms with Crippen LogP contribution in [0, 0.1) is 0 Å². The quantitative estimate of drug-likeness (QED) is 0.540. The Hall–Kier alpha value is -2.96. The van der Waals surface area contributed by atoms with E-state index in [4.69, 9.17) is 9.47 Å². The van der Waals surface area contributed by atoms with E-state index in [0.717, 1.165) is 35.4 Å². The van der Waals surface area contributed by atoms with Gasteiger partial charge in [0.15, 0.2) is 0 Å². The molecule has 0 saturated carbocycles. The molecule has 170 valence electrons. The molecule has 0 atom stereocenters. The summed E-state index contributed by atoms with van der Waals surface area (Å²) in [5, 5.41) is 2.81. The summed E-state index contributed by atoms with van der Waals surface area (Å²) < 4.78 is 10.8. The van der Waals surface area contributed by atoms with Gasteiger partial charge in [0.1, 0.15) is 0 Å². The molecular weight excluding hydrogens is 404 g/mol. The lowest BCUT2D eigenvalue weighted by Crippen LogP contribution is -2.33. The molecule has 6 nitrogen and oxygen atoms in total. The molecule has 0 bridgehead atoms. The molecule has 0 aliphatic carbocycles. The van der Waals surface area contributed by atoms with Crippen molar-refractivity contribution in [3.8, 4) is 0 Å².